The Morgan fingerprint density at radius 1 is 1.33 bits per heavy atom. The molecule has 4 nitrogen and oxygen atoms in total. The molecule has 116 valence electrons. The summed E-state index contributed by atoms with van der Waals surface area (Å²) in [4.78, 5) is 16.3. The fourth-order valence-electron chi connectivity index (χ4n) is 3.01. The van der Waals surface area contributed by atoms with Crippen molar-refractivity contribution < 1.29 is 4.79 Å². The van der Waals surface area contributed by atoms with E-state index >= 15 is 0 Å². The van der Waals surface area contributed by atoms with E-state index in [0.717, 1.165) is 19.5 Å². The van der Waals surface area contributed by atoms with Gasteiger partial charge in [-0.05, 0) is 24.8 Å². The minimum atomic E-state index is 0.164. The number of nitrogens with two attached hydrogens (primary N) is 1. The highest BCUT2D eigenvalue weighted by Crippen LogP contribution is 2.15. The second-order valence-corrected chi connectivity index (χ2v) is 6.53. The van der Waals surface area contributed by atoms with Crippen LogP contribution in [0.3, 0.4) is 0 Å². The van der Waals surface area contributed by atoms with Crippen LogP contribution in [-0.4, -0.2) is 48.4 Å². The van der Waals surface area contributed by atoms with Gasteiger partial charge in [0.1, 0.15) is 0 Å². The SMILES string of the molecule is Cc1ccc(CN(C)C(=O)CN2CC(C)CC(N)C2)cc1. The molecule has 0 radical (unpaired) electrons. The maximum absolute atomic E-state index is 12.3. The lowest BCUT2D eigenvalue weighted by atomic mass is 9.96. The molecule has 0 aliphatic carbocycles. The van der Waals surface area contributed by atoms with Gasteiger partial charge >= 0.3 is 0 Å². The zero-order valence-electron chi connectivity index (χ0n) is 13.4. The fourth-order valence-corrected chi connectivity index (χ4v) is 3.01. The Labute approximate surface area is 127 Å². The Hall–Kier alpha value is -1.39. The number of carbonyl (C=O) groups is 1. The summed E-state index contributed by atoms with van der Waals surface area (Å²) in [6.07, 6.45) is 1.06. The first kappa shape index (κ1) is 16.0. The number of hydrogen-bond donors (Lipinski definition) is 1. The predicted molar refractivity (Wildman–Crippen MR) is 85.8 cm³/mol. The zero-order valence-corrected chi connectivity index (χ0v) is 13.4. The van der Waals surface area contributed by atoms with Crippen LogP contribution in [0.4, 0.5) is 0 Å². The first-order chi connectivity index (χ1) is 9.94. The number of piperidine rings is 1. The van der Waals surface area contributed by atoms with Crippen molar-refractivity contribution in [1.29, 1.82) is 0 Å². The third-order valence-electron chi connectivity index (χ3n) is 4.09. The Morgan fingerprint density at radius 3 is 2.62 bits per heavy atom. The van der Waals surface area contributed by atoms with Gasteiger partial charge in [-0.2, -0.15) is 0 Å². The molecule has 0 saturated carbocycles. The molecule has 2 rings (SSSR count). The normalized spacial score (nSPS) is 23.0. The molecule has 2 N–H and O–H groups in total. The van der Waals surface area contributed by atoms with E-state index in [1.54, 1.807) is 4.90 Å². The minimum absolute atomic E-state index is 0.164. The van der Waals surface area contributed by atoms with Gasteiger partial charge in [-0.25, -0.2) is 0 Å². The van der Waals surface area contributed by atoms with E-state index in [0.29, 0.717) is 19.0 Å². The van der Waals surface area contributed by atoms with Crippen molar-refractivity contribution in [2.24, 2.45) is 11.7 Å². The van der Waals surface area contributed by atoms with E-state index < -0.39 is 0 Å². The highest BCUT2D eigenvalue weighted by Gasteiger charge is 2.24. The molecule has 0 spiro atoms. The molecule has 1 aliphatic heterocycles. The molecule has 2 atom stereocenters. The molecule has 1 aromatic rings. The van der Waals surface area contributed by atoms with Gasteiger partial charge in [0.05, 0.1) is 6.54 Å². The summed E-state index contributed by atoms with van der Waals surface area (Å²) in [5, 5.41) is 0. The lowest BCUT2D eigenvalue weighted by Gasteiger charge is -2.35. The minimum Gasteiger partial charge on any atom is -0.340 e. The number of nitrogens with zero attached hydrogens (tertiary/aromatic N) is 2. The summed E-state index contributed by atoms with van der Waals surface area (Å²) in [5.41, 5.74) is 8.45. The predicted octanol–water partition coefficient (Wildman–Crippen LogP) is 1.62. The molecule has 1 aromatic carbocycles. The topological polar surface area (TPSA) is 49.6 Å². The van der Waals surface area contributed by atoms with Crippen molar-refractivity contribution in [3.8, 4) is 0 Å². The highest BCUT2D eigenvalue weighted by atomic mass is 16.2. The van der Waals surface area contributed by atoms with Gasteiger partial charge in [0.2, 0.25) is 5.91 Å². The number of likely N-dealkylation sites (N-methyl/N-ethyl adjacent to an activating group) is 1. The third-order valence-corrected chi connectivity index (χ3v) is 4.09. The van der Waals surface area contributed by atoms with E-state index in [1.807, 2.05) is 7.05 Å². The summed E-state index contributed by atoms with van der Waals surface area (Å²) >= 11 is 0. The van der Waals surface area contributed by atoms with E-state index in [-0.39, 0.29) is 11.9 Å². The van der Waals surface area contributed by atoms with E-state index in [1.165, 1.54) is 11.1 Å². The molecule has 0 bridgehead atoms. The van der Waals surface area contributed by atoms with E-state index in [2.05, 4.69) is 43.0 Å². The van der Waals surface area contributed by atoms with Crippen LogP contribution in [-0.2, 0) is 11.3 Å². The summed E-state index contributed by atoms with van der Waals surface area (Å²) in [6.45, 7) is 7.20. The van der Waals surface area contributed by atoms with Crippen molar-refractivity contribution in [3.63, 3.8) is 0 Å². The fraction of sp³-hybridized carbons (Fsp3) is 0.588. The molecule has 1 aliphatic rings. The molecule has 4 heteroatoms. The van der Waals surface area contributed by atoms with Crippen LogP contribution in [0.5, 0.6) is 0 Å². The molecular weight excluding hydrogens is 262 g/mol. The first-order valence-electron chi connectivity index (χ1n) is 7.71. The monoisotopic (exact) mass is 289 g/mol. The summed E-state index contributed by atoms with van der Waals surface area (Å²) in [5.74, 6) is 0.737. The summed E-state index contributed by atoms with van der Waals surface area (Å²) in [6, 6.07) is 8.53. The molecule has 1 heterocycles. The number of amides is 1. The van der Waals surface area contributed by atoms with Crippen molar-refractivity contribution in [3.05, 3.63) is 35.4 Å². The Balaban J connectivity index is 1.86. The molecule has 21 heavy (non-hydrogen) atoms. The third kappa shape index (κ3) is 4.83. The lowest BCUT2D eigenvalue weighted by molar-refractivity contribution is -0.132. The average Bonchev–Trinajstić information content (AvgIpc) is 2.40. The van der Waals surface area contributed by atoms with E-state index in [4.69, 9.17) is 5.73 Å². The number of benzene rings is 1. The van der Waals surface area contributed by atoms with Gasteiger partial charge in [0.25, 0.3) is 0 Å². The van der Waals surface area contributed by atoms with Gasteiger partial charge in [-0.1, -0.05) is 36.8 Å². The second-order valence-electron chi connectivity index (χ2n) is 6.53. The van der Waals surface area contributed by atoms with Crippen molar-refractivity contribution >= 4 is 5.91 Å². The molecule has 1 saturated heterocycles. The maximum Gasteiger partial charge on any atom is 0.236 e. The summed E-state index contributed by atoms with van der Waals surface area (Å²) < 4.78 is 0. The van der Waals surface area contributed by atoms with Gasteiger partial charge in [0.15, 0.2) is 0 Å². The largest absolute Gasteiger partial charge is 0.340 e. The number of aryl methyl sites for hydroxylation is 1. The van der Waals surface area contributed by atoms with Crippen molar-refractivity contribution in [1.82, 2.24) is 9.80 Å². The molecule has 1 amide bonds. The maximum atomic E-state index is 12.3. The molecule has 0 aromatic heterocycles. The highest BCUT2D eigenvalue weighted by molar-refractivity contribution is 5.78. The zero-order chi connectivity index (χ0) is 15.4. The Morgan fingerprint density at radius 2 is 2.00 bits per heavy atom. The van der Waals surface area contributed by atoms with Gasteiger partial charge in [0, 0.05) is 32.7 Å². The molecule has 1 fully saturated rings. The van der Waals surface area contributed by atoms with Crippen LogP contribution in [0.1, 0.15) is 24.5 Å². The second kappa shape index (κ2) is 7.05. The average molecular weight is 289 g/mol. The van der Waals surface area contributed by atoms with Crippen LogP contribution in [0.2, 0.25) is 0 Å². The van der Waals surface area contributed by atoms with Crippen LogP contribution < -0.4 is 5.73 Å². The molecule has 2 unspecified atom stereocenters. The lowest BCUT2D eigenvalue weighted by Crippen LogP contribution is -2.49. The number of likely N-dealkylation sites (tertiary alicyclic amines) is 1. The van der Waals surface area contributed by atoms with Crippen LogP contribution in [0.15, 0.2) is 24.3 Å². The smallest absolute Gasteiger partial charge is 0.236 e. The van der Waals surface area contributed by atoms with Gasteiger partial charge < -0.3 is 10.6 Å². The van der Waals surface area contributed by atoms with Gasteiger partial charge in [-0.3, -0.25) is 9.69 Å². The molecular formula is C17H27N3O. The Kier molecular flexibility index (Phi) is 5.37. The quantitative estimate of drug-likeness (QED) is 0.916. The standard InChI is InChI=1S/C17H27N3O/c1-13-4-6-15(7-5-13)10-19(3)17(21)12-20-9-14(2)8-16(18)11-20/h4-7,14,16H,8-12,18H2,1-3H3. The van der Waals surface area contributed by atoms with E-state index in [9.17, 15) is 4.79 Å². The number of carbonyl (C=O) groups excluding carboxylic acids is 1. The van der Waals surface area contributed by atoms with Crippen LogP contribution in [0, 0.1) is 12.8 Å². The van der Waals surface area contributed by atoms with Crippen molar-refractivity contribution in [2.75, 3.05) is 26.7 Å². The van der Waals surface area contributed by atoms with Crippen LogP contribution >= 0.6 is 0 Å². The van der Waals surface area contributed by atoms with Gasteiger partial charge in [-0.15, -0.1) is 0 Å². The number of rotatable bonds is 4. The first-order valence-corrected chi connectivity index (χ1v) is 7.71. The Bertz CT molecular complexity index is 461. The van der Waals surface area contributed by atoms with Crippen molar-refractivity contribution in [2.45, 2.75) is 32.9 Å². The summed E-state index contributed by atoms with van der Waals surface area (Å²) in [7, 11) is 1.87. The van der Waals surface area contributed by atoms with Crippen LogP contribution in [0.25, 0.3) is 0 Å². The number of hydrogen-bond acceptors (Lipinski definition) is 3.